The molecule has 0 aliphatic rings. The quantitative estimate of drug-likeness (QED) is 0.507. The van der Waals surface area contributed by atoms with Crippen LogP contribution in [0.4, 0.5) is 4.39 Å². The van der Waals surface area contributed by atoms with Crippen LogP contribution in [0.1, 0.15) is 16.5 Å². The lowest BCUT2D eigenvalue weighted by Crippen LogP contribution is -1.95. The van der Waals surface area contributed by atoms with Gasteiger partial charge in [0.15, 0.2) is 0 Å². The maximum absolute atomic E-state index is 13.5. The normalized spacial score (nSPS) is 12.8. The van der Waals surface area contributed by atoms with Crippen molar-refractivity contribution < 1.29 is 4.39 Å². The zero-order valence-corrected chi connectivity index (χ0v) is 12.1. The summed E-state index contributed by atoms with van der Waals surface area (Å²) in [6, 6.07) is 12.7. The summed E-state index contributed by atoms with van der Waals surface area (Å²) in [6.07, 6.45) is 0. The molecule has 2 aromatic carbocycles. The maximum atomic E-state index is 13.5. The predicted octanol–water partition coefficient (Wildman–Crippen LogP) is 6.02. The number of alkyl halides is 1. The third kappa shape index (κ3) is 2.25. The summed E-state index contributed by atoms with van der Waals surface area (Å²) in [4.78, 5) is 0. The third-order valence-corrected chi connectivity index (χ3v) is 4.89. The number of thiophene rings is 1. The Balaban J connectivity index is 2.13. The van der Waals surface area contributed by atoms with Crippen LogP contribution >= 0.6 is 34.5 Å². The molecular weight excluding hydrogens is 302 g/mol. The van der Waals surface area contributed by atoms with Crippen LogP contribution in [0.15, 0.2) is 47.8 Å². The van der Waals surface area contributed by atoms with E-state index < -0.39 is 11.2 Å². The highest BCUT2D eigenvalue weighted by atomic mass is 35.5. The van der Waals surface area contributed by atoms with E-state index in [2.05, 4.69) is 0 Å². The standard InChI is InChI=1S/C15H9Cl2FS/c16-14(10-5-3-6-12(18)15(10)17)11-8-19-13-7-2-1-4-9(11)13/h1-8,14H. The van der Waals surface area contributed by atoms with Crippen molar-refractivity contribution in [1.29, 1.82) is 0 Å². The summed E-state index contributed by atoms with van der Waals surface area (Å²) < 4.78 is 14.7. The van der Waals surface area contributed by atoms with Crippen LogP contribution in [0.3, 0.4) is 0 Å². The van der Waals surface area contributed by atoms with Gasteiger partial charge in [0, 0.05) is 4.70 Å². The zero-order chi connectivity index (χ0) is 13.4. The number of halogens is 3. The van der Waals surface area contributed by atoms with Gasteiger partial charge in [-0.05, 0) is 34.0 Å². The van der Waals surface area contributed by atoms with Crippen LogP contribution in [0.25, 0.3) is 10.1 Å². The molecule has 0 aliphatic heterocycles. The Morgan fingerprint density at radius 2 is 1.79 bits per heavy atom. The Morgan fingerprint density at radius 3 is 2.63 bits per heavy atom. The van der Waals surface area contributed by atoms with E-state index in [0.717, 1.165) is 15.6 Å². The Morgan fingerprint density at radius 1 is 1.00 bits per heavy atom. The van der Waals surface area contributed by atoms with Crippen molar-refractivity contribution in [2.75, 3.05) is 0 Å². The van der Waals surface area contributed by atoms with Crippen molar-refractivity contribution in [1.82, 2.24) is 0 Å². The Bertz CT molecular complexity index is 736. The van der Waals surface area contributed by atoms with Crippen molar-refractivity contribution in [3.05, 3.63) is 69.8 Å². The minimum Gasteiger partial charge on any atom is -0.205 e. The molecular formula is C15H9Cl2FS. The first-order valence-electron chi connectivity index (χ1n) is 5.72. The molecule has 0 saturated heterocycles. The Labute approximate surface area is 124 Å². The molecule has 0 radical (unpaired) electrons. The third-order valence-electron chi connectivity index (χ3n) is 3.04. The van der Waals surface area contributed by atoms with Gasteiger partial charge in [0.05, 0.1) is 10.4 Å². The molecule has 0 bridgehead atoms. The van der Waals surface area contributed by atoms with Gasteiger partial charge in [-0.1, -0.05) is 41.9 Å². The number of benzene rings is 2. The lowest BCUT2D eigenvalue weighted by atomic mass is 10.0. The van der Waals surface area contributed by atoms with E-state index in [1.807, 2.05) is 29.6 Å². The van der Waals surface area contributed by atoms with Gasteiger partial charge in [0.1, 0.15) is 5.82 Å². The number of hydrogen-bond acceptors (Lipinski definition) is 1. The highest BCUT2D eigenvalue weighted by Crippen LogP contribution is 2.40. The van der Waals surface area contributed by atoms with Gasteiger partial charge in [0.25, 0.3) is 0 Å². The number of rotatable bonds is 2. The second kappa shape index (κ2) is 5.12. The van der Waals surface area contributed by atoms with E-state index in [9.17, 15) is 4.39 Å². The van der Waals surface area contributed by atoms with Crippen molar-refractivity contribution in [2.45, 2.75) is 5.38 Å². The summed E-state index contributed by atoms with van der Waals surface area (Å²) >= 11 is 14.1. The average molecular weight is 311 g/mol. The molecule has 0 amide bonds. The van der Waals surface area contributed by atoms with E-state index in [1.54, 1.807) is 23.5 Å². The van der Waals surface area contributed by atoms with Crippen LogP contribution in [-0.2, 0) is 0 Å². The number of hydrogen-bond donors (Lipinski definition) is 0. The molecule has 96 valence electrons. The molecule has 0 fully saturated rings. The fourth-order valence-corrected chi connectivity index (χ4v) is 3.79. The molecule has 19 heavy (non-hydrogen) atoms. The van der Waals surface area contributed by atoms with E-state index in [0.29, 0.717) is 5.56 Å². The van der Waals surface area contributed by atoms with E-state index >= 15 is 0 Å². The first-order chi connectivity index (χ1) is 9.18. The monoisotopic (exact) mass is 310 g/mol. The first-order valence-corrected chi connectivity index (χ1v) is 7.42. The van der Waals surface area contributed by atoms with Crippen molar-refractivity contribution in [2.24, 2.45) is 0 Å². The predicted molar refractivity (Wildman–Crippen MR) is 80.9 cm³/mol. The average Bonchev–Trinajstić information content (AvgIpc) is 2.85. The van der Waals surface area contributed by atoms with Gasteiger partial charge in [-0.3, -0.25) is 0 Å². The topological polar surface area (TPSA) is 0 Å². The van der Waals surface area contributed by atoms with E-state index in [-0.39, 0.29) is 5.02 Å². The SMILES string of the molecule is Fc1cccc(C(Cl)c2csc3ccccc23)c1Cl. The smallest absolute Gasteiger partial charge is 0.142 e. The van der Waals surface area contributed by atoms with Crippen LogP contribution in [0.5, 0.6) is 0 Å². The lowest BCUT2D eigenvalue weighted by Gasteiger charge is -2.11. The van der Waals surface area contributed by atoms with Gasteiger partial charge in [-0.15, -0.1) is 22.9 Å². The Hall–Kier alpha value is -1.09. The fraction of sp³-hybridized carbons (Fsp3) is 0.0667. The minimum absolute atomic E-state index is 0.0952. The van der Waals surface area contributed by atoms with Crippen molar-refractivity contribution in [3.8, 4) is 0 Å². The summed E-state index contributed by atoms with van der Waals surface area (Å²) in [6.45, 7) is 0. The molecule has 0 N–H and O–H groups in total. The van der Waals surface area contributed by atoms with Gasteiger partial charge in [-0.2, -0.15) is 0 Å². The maximum Gasteiger partial charge on any atom is 0.142 e. The minimum atomic E-state index is -0.445. The second-order valence-corrected chi connectivity index (χ2v) is 5.92. The van der Waals surface area contributed by atoms with Gasteiger partial charge < -0.3 is 0 Å². The Kier molecular flexibility index (Phi) is 3.48. The van der Waals surface area contributed by atoms with E-state index in [1.165, 1.54) is 6.07 Å². The van der Waals surface area contributed by atoms with Crippen molar-refractivity contribution in [3.63, 3.8) is 0 Å². The van der Waals surface area contributed by atoms with Crippen LogP contribution in [0.2, 0.25) is 5.02 Å². The first kappa shape index (κ1) is 12.9. The molecule has 0 nitrogen and oxygen atoms in total. The highest BCUT2D eigenvalue weighted by Gasteiger charge is 2.19. The highest BCUT2D eigenvalue weighted by molar-refractivity contribution is 7.17. The van der Waals surface area contributed by atoms with Crippen molar-refractivity contribution >= 4 is 44.6 Å². The summed E-state index contributed by atoms with van der Waals surface area (Å²) in [5.41, 5.74) is 1.57. The van der Waals surface area contributed by atoms with Crippen LogP contribution in [0, 0.1) is 5.82 Å². The fourth-order valence-electron chi connectivity index (χ4n) is 2.08. The largest absolute Gasteiger partial charge is 0.205 e. The summed E-state index contributed by atoms with van der Waals surface area (Å²) in [5.74, 6) is -0.440. The van der Waals surface area contributed by atoms with Gasteiger partial charge in [-0.25, -0.2) is 4.39 Å². The molecule has 1 atom stereocenters. The van der Waals surface area contributed by atoms with Crippen LogP contribution < -0.4 is 0 Å². The van der Waals surface area contributed by atoms with Gasteiger partial charge in [0.2, 0.25) is 0 Å². The molecule has 1 heterocycles. The second-order valence-electron chi connectivity index (χ2n) is 4.19. The molecule has 3 aromatic rings. The van der Waals surface area contributed by atoms with E-state index in [4.69, 9.17) is 23.2 Å². The molecule has 0 aliphatic carbocycles. The molecule has 4 heteroatoms. The molecule has 1 aromatic heterocycles. The molecule has 1 unspecified atom stereocenters. The van der Waals surface area contributed by atoms with Crippen LogP contribution in [-0.4, -0.2) is 0 Å². The zero-order valence-electron chi connectivity index (χ0n) is 9.74. The summed E-state index contributed by atoms with van der Waals surface area (Å²) in [5, 5.41) is 2.74. The molecule has 0 spiro atoms. The number of fused-ring (bicyclic) bond motifs is 1. The van der Waals surface area contributed by atoms with Gasteiger partial charge >= 0.3 is 0 Å². The molecule has 3 rings (SSSR count). The molecule has 0 saturated carbocycles. The summed E-state index contributed by atoms with van der Waals surface area (Å²) in [7, 11) is 0. The lowest BCUT2D eigenvalue weighted by molar-refractivity contribution is 0.626.